The Balaban J connectivity index is 2.04. The molecule has 2 aromatic carbocycles. The Hall–Kier alpha value is -3.02. The molecule has 132 valence electrons. The summed E-state index contributed by atoms with van der Waals surface area (Å²) < 4.78 is 10.7. The van der Waals surface area contributed by atoms with Crippen LogP contribution in [0, 0.1) is 0 Å². The molecule has 0 fully saturated rings. The van der Waals surface area contributed by atoms with Gasteiger partial charge in [-0.25, -0.2) is 9.59 Å². The minimum Gasteiger partial charge on any atom is -0.422 e. The number of hydrogen-bond acceptors (Lipinski definition) is 6. The number of benzene rings is 2. The lowest BCUT2D eigenvalue weighted by Gasteiger charge is -2.18. The molecular weight excluding hydrogens is 320 g/mol. The molecule has 2 rings (SSSR count). The van der Waals surface area contributed by atoms with Crippen molar-refractivity contribution in [2.45, 2.75) is 32.5 Å². The van der Waals surface area contributed by atoms with Crippen LogP contribution in [0.25, 0.3) is 0 Å². The van der Waals surface area contributed by atoms with Gasteiger partial charge in [-0.15, -0.1) is 0 Å². The second-order valence-corrected chi connectivity index (χ2v) is 5.63. The molecule has 0 atom stereocenters. The van der Waals surface area contributed by atoms with E-state index in [2.05, 4.69) is 0 Å². The van der Waals surface area contributed by atoms with Crippen LogP contribution in [0.1, 0.15) is 46.9 Å². The Kier molecular flexibility index (Phi) is 6.39. The summed E-state index contributed by atoms with van der Waals surface area (Å²) in [7, 11) is 0. The van der Waals surface area contributed by atoms with Crippen LogP contribution >= 0.6 is 0 Å². The van der Waals surface area contributed by atoms with Gasteiger partial charge < -0.3 is 20.9 Å². The van der Waals surface area contributed by atoms with E-state index < -0.39 is 18.2 Å². The third kappa shape index (κ3) is 5.53. The van der Waals surface area contributed by atoms with Crippen LogP contribution in [0.15, 0.2) is 48.5 Å². The highest BCUT2D eigenvalue weighted by Gasteiger charge is 2.20. The molecule has 0 aromatic heterocycles. The number of nitrogens with two attached hydrogens (primary N) is 2. The third-order valence-electron chi connectivity index (χ3n) is 3.56. The number of carbonyl (C=O) groups is 2. The molecular formula is C19H22N2O4. The summed E-state index contributed by atoms with van der Waals surface area (Å²) in [5.74, 6) is -1.13. The Morgan fingerprint density at radius 1 is 0.840 bits per heavy atom. The number of unbranched alkanes of at least 4 members (excludes halogenated alkanes) is 1. The zero-order chi connectivity index (χ0) is 18.2. The number of esters is 2. The maximum Gasteiger partial charge on any atom is 0.341 e. The Morgan fingerprint density at radius 2 is 1.24 bits per heavy atom. The Bertz CT molecular complexity index is 652. The molecule has 0 aliphatic heterocycles. The topological polar surface area (TPSA) is 105 Å². The molecule has 2 aromatic rings. The molecule has 0 bridgehead atoms. The van der Waals surface area contributed by atoms with Gasteiger partial charge in [0.15, 0.2) is 0 Å². The number of hydrogen-bond donors (Lipinski definition) is 2. The normalized spacial score (nSPS) is 10.5. The first-order valence-electron chi connectivity index (χ1n) is 8.12. The average Bonchev–Trinajstić information content (AvgIpc) is 2.60. The van der Waals surface area contributed by atoms with Gasteiger partial charge in [-0.2, -0.15) is 0 Å². The molecule has 0 saturated heterocycles. The fourth-order valence-corrected chi connectivity index (χ4v) is 2.13. The highest BCUT2D eigenvalue weighted by Crippen LogP contribution is 2.15. The summed E-state index contributed by atoms with van der Waals surface area (Å²) in [4.78, 5) is 24.4. The first kappa shape index (κ1) is 18.3. The van der Waals surface area contributed by atoms with Crippen LogP contribution in [0.5, 0.6) is 0 Å². The van der Waals surface area contributed by atoms with Gasteiger partial charge in [0.25, 0.3) is 0 Å². The minimum atomic E-state index is -0.949. The number of rotatable bonds is 7. The summed E-state index contributed by atoms with van der Waals surface area (Å²) in [6.07, 6.45) is 1.12. The molecule has 0 aliphatic rings. The monoisotopic (exact) mass is 342 g/mol. The number of ether oxygens (including phenoxy) is 2. The van der Waals surface area contributed by atoms with Crippen molar-refractivity contribution in [3.8, 4) is 0 Å². The van der Waals surface area contributed by atoms with Crippen molar-refractivity contribution in [2.24, 2.45) is 0 Å². The van der Waals surface area contributed by atoms with E-state index in [4.69, 9.17) is 20.9 Å². The Labute approximate surface area is 146 Å². The molecule has 4 N–H and O–H groups in total. The van der Waals surface area contributed by atoms with Gasteiger partial charge in [0.1, 0.15) is 0 Å². The lowest BCUT2D eigenvalue weighted by atomic mass is 10.2. The molecule has 6 nitrogen and oxygen atoms in total. The van der Waals surface area contributed by atoms with Crippen molar-refractivity contribution in [1.29, 1.82) is 0 Å². The minimum absolute atomic E-state index is 0.347. The first-order chi connectivity index (χ1) is 12.0. The van der Waals surface area contributed by atoms with Crippen LogP contribution in [0.4, 0.5) is 11.4 Å². The van der Waals surface area contributed by atoms with E-state index in [9.17, 15) is 9.59 Å². The zero-order valence-corrected chi connectivity index (χ0v) is 14.1. The van der Waals surface area contributed by atoms with Crippen LogP contribution in [-0.4, -0.2) is 18.2 Å². The molecule has 0 heterocycles. The van der Waals surface area contributed by atoms with E-state index in [1.54, 1.807) is 48.5 Å². The second-order valence-electron chi connectivity index (χ2n) is 5.63. The van der Waals surface area contributed by atoms with Gasteiger partial charge in [-0.1, -0.05) is 13.3 Å². The molecule has 25 heavy (non-hydrogen) atoms. The van der Waals surface area contributed by atoms with Crippen molar-refractivity contribution in [3.05, 3.63) is 59.7 Å². The molecule has 0 saturated carbocycles. The lowest BCUT2D eigenvalue weighted by molar-refractivity contribution is -0.0836. The molecule has 6 heteroatoms. The van der Waals surface area contributed by atoms with Crippen LogP contribution < -0.4 is 11.5 Å². The maximum atomic E-state index is 12.2. The average molecular weight is 342 g/mol. The highest BCUT2D eigenvalue weighted by molar-refractivity contribution is 5.91. The highest BCUT2D eigenvalue weighted by atomic mass is 16.7. The summed E-state index contributed by atoms with van der Waals surface area (Å²) in [5, 5.41) is 0. The standard InChI is InChI=1S/C19H22N2O4/c1-2-3-4-17(24-18(22)13-5-9-15(20)10-6-13)25-19(23)14-7-11-16(21)12-8-14/h5-12,17H,2-4,20-21H2,1H3. The van der Waals surface area contributed by atoms with Gasteiger partial charge in [0.2, 0.25) is 6.29 Å². The van der Waals surface area contributed by atoms with Gasteiger partial charge in [0.05, 0.1) is 11.1 Å². The van der Waals surface area contributed by atoms with Crippen LogP contribution in [0.3, 0.4) is 0 Å². The number of nitrogen functional groups attached to an aromatic ring is 2. The van der Waals surface area contributed by atoms with E-state index in [1.165, 1.54) is 0 Å². The quantitative estimate of drug-likeness (QED) is 0.454. The number of carbonyl (C=O) groups excluding carboxylic acids is 2. The van der Waals surface area contributed by atoms with E-state index in [0.717, 1.165) is 12.8 Å². The van der Waals surface area contributed by atoms with Crippen molar-refractivity contribution in [3.63, 3.8) is 0 Å². The van der Waals surface area contributed by atoms with Gasteiger partial charge in [-0.3, -0.25) is 0 Å². The van der Waals surface area contributed by atoms with Crippen LogP contribution in [0.2, 0.25) is 0 Å². The summed E-state index contributed by atoms with van der Waals surface area (Å²) >= 11 is 0. The second kappa shape index (κ2) is 8.73. The molecule has 0 radical (unpaired) electrons. The molecule has 0 aliphatic carbocycles. The molecule has 0 spiro atoms. The van der Waals surface area contributed by atoms with Gasteiger partial charge >= 0.3 is 11.9 Å². The van der Waals surface area contributed by atoms with Crippen molar-refractivity contribution < 1.29 is 19.1 Å². The SMILES string of the molecule is CCCCC(OC(=O)c1ccc(N)cc1)OC(=O)c1ccc(N)cc1. The summed E-state index contributed by atoms with van der Waals surface area (Å²) in [6.45, 7) is 2.00. The van der Waals surface area contributed by atoms with Crippen molar-refractivity contribution in [2.75, 3.05) is 11.5 Å². The number of anilines is 2. The predicted octanol–water partition coefficient (Wildman–Crippen LogP) is 3.38. The fourth-order valence-electron chi connectivity index (χ4n) is 2.13. The van der Waals surface area contributed by atoms with Gasteiger partial charge in [-0.05, 0) is 55.0 Å². The predicted molar refractivity (Wildman–Crippen MR) is 95.9 cm³/mol. The van der Waals surface area contributed by atoms with E-state index in [0.29, 0.717) is 28.9 Å². The molecule has 0 unspecified atom stereocenters. The fraction of sp³-hybridized carbons (Fsp3) is 0.263. The zero-order valence-electron chi connectivity index (χ0n) is 14.1. The summed E-state index contributed by atoms with van der Waals surface area (Å²) in [5.41, 5.74) is 13.0. The Morgan fingerprint density at radius 3 is 1.60 bits per heavy atom. The van der Waals surface area contributed by atoms with Crippen LogP contribution in [-0.2, 0) is 9.47 Å². The van der Waals surface area contributed by atoms with E-state index >= 15 is 0 Å². The third-order valence-corrected chi connectivity index (χ3v) is 3.56. The van der Waals surface area contributed by atoms with Crippen molar-refractivity contribution in [1.82, 2.24) is 0 Å². The molecule has 0 amide bonds. The van der Waals surface area contributed by atoms with E-state index in [1.807, 2.05) is 6.92 Å². The maximum absolute atomic E-state index is 12.2. The van der Waals surface area contributed by atoms with Crippen molar-refractivity contribution >= 4 is 23.3 Å². The smallest absolute Gasteiger partial charge is 0.341 e. The first-order valence-corrected chi connectivity index (χ1v) is 8.12. The largest absolute Gasteiger partial charge is 0.422 e. The van der Waals surface area contributed by atoms with Gasteiger partial charge in [0, 0.05) is 17.8 Å². The van der Waals surface area contributed by atoms with E-state index in [-0.39, 0.29) is 0 Å². The lowest BCUT2D eigenvalue weighted by Crippen LogP contribution is -2.25. The summed E-state index contributed by atoms with van der Waals surface area (Å²) in [6, 6.07) is 12.7.